The van der Waals surface area contributed by atoms with Crippen LogP contribution in [0.15, 0.2) is 46.7 Å². The summed E-state index contributed by atoms with van der Waals surface area (Å²) < 4.78 is 27.4. The van der Waals surface area contributed by atoms with Gasteiger partial charge in [-0.15, -0.1) is 11.3 Å². The molecule has 0 bridgehead atoms. The molecule has 3 aromatic rings. The second-order valence-corrected chi connectivity index (χ2v) is 11.4. The van der Waals surface area contributed by atoms with E-state index < -0.39 is 10.0 Å². The third-order valence-electron chi connectivity index (χ3n) is 6.16. The lowest BCUT2D eigenvalue weighted by Gasteiger charge is -2.20. The molecule has 0 unspecified atom stereocenters. The van der Waals surface area contributed by atoms with Crippen LogP contribution in [0.5, 0.6) is 0 Å². The molecule has 0 saturated carbocycles. The Balaban J connectivity index is 1.47. The van der Waals surface area contributed by atoms with Gasteiger partial charge in [0.2, 0.25) is 10.0 Å². The normalized spacial score (nSPS) is 15.2. The molecular formula is C25H29N3O3S2. The minimum Gasteiger partial charge on any atom is -0.298 e. The van der Waals surface area contributed by atoms with Crippen molar-refractivity contribution in [1.29, 1.82) is 0 Å². The number of nitrogens with zero attached hydrogens (tertiary/aromatic N) is 2. The number of amides is 1. The zero-order valence-electron chi connectivity index (χ0n) is 19.2. The van der Waals surface area contributed by atoms with Crippen LogP contribution in [0, 0.1) is 20.8 Å². The third-order valence-corrected chi connectivity index (χ3v) is 8.83. The number of hydrogen-bond donors (Lipinski definition) is 1. The maximum Gasteiger partial charge on any atom is 0.257 e. The number of thiazole rings is 1. The van der Waals surface area contributed by atoms with Crippen molar-refractivity contribution >= 4 is 32.4 Å². The van der Waals surface area contributed by atoms with Crippen LogP contribution in [-0.2, 0) is 10.0 Å². The average molecular weight is 484 g/mol. The van der Waals surface area contributed by atoms with Crippen molar-refractivity contribution in [1.82, 2.24) is 9.29 Å². The van der Waals surface area contributed by atoms with E-state index in [4.69, 9.17) is 0 Å². The lowest BCUT2D eigenvalue weighted by Crippen LogP contribution is -2.31. The molecule has 1 amide bonds. The molecule has 1 aliphatic heterocycles. The van der Waals surface area contributed by atoms with E-state index in [1.807, 2.05) is 5.38 Å². The Morgan fingerprint density at radius 1 is 0.939 bits per heavy atom. The van der Waals surface area contributed by atoms with Gasteiger partial charge < -0.3 is 0 Å². The number of hydrogen-bond acceptors (Lipinski definition) is 5. The molecule has 4 rings (SSSR count). The number of anilines is 1. The predicted octanol–water partition coefficient (Wildman–Crippen LogP) is 5.55. The maximum atomic E-state index is 12.9. The predicted molar refractivity (Wildman–Crippen MR) is 133 cm³/mol. The number of carbonyl (C=O) groups is 1. The maximum absolute atomic E-state index is 12.9. The van der Waals surface area contributed by atoms with Crippen LogP contribution < -0.4 is 5.32 Å². The van der Waals surface area contributed by atoms with Gasteiger partial charge >= 0.3 is 0 Å². The Morgan fingerprint density at radius 2 is 1.58 bits per heavy atom. The zero-order valence-corrected chi connectivity index (χ0v) is 20.9. The standard InChI is InChI=1S/C25H29N3O3S2/c1-17-14-19(3)22(15-18(17)2)23-16-32-25(26-23)27-24(29)20-8-10-21(11-9-20)33(30,31)28-12-6-4-5-7-13-28/h8-11,14-16H,4-7,12-13H2,1-3H3,(H,26,27,29). The number of nitrogens with one attached hydrogen (secondary N) is 1. The number of aryl methyl sites for hydroxylation is 3. The number of aromatic nitrogens is 1. The van der Waals surface area contributed by atoms with Crippen LogP contribution in [0.4, 0.5) is 5.13 Å². The molecule has 6 nitrogen and oxygen atoms in total. The first kappa shape index (κ1) is 23.6. The van der Waals surface area contributed by atoms with Crippen molar-refractivity contribution < 1.29 is 13.2 Å². The first-order valence-electron chi connectivity index (χ1n) is 11.2. The van der Waals surface area contributed by atoms with Crippen LogP contribution in [0.3, 0.4) is 0 Å². The molecule has 0 atom stereocenters. The number of carbonyl (C=O) groups excluding carboxylic acids is 1. The Hall–Kier alpha value is -2.55. The Kier molecular flexibility index (Phi) is 6.97. The van der Waals surface area contributed by atoms with Crippen LogP contribution >= 0.6 is 11.3 Å². The lowest BCUT2D eigenvalue weighted by atomic mass is 9.99. The average Bonchev–Trinajstić information content (AvgIpc) is 3.06. The van der Waals surface area contributed by atoms with Crippen molar-refractivity contribution in [3.8, 4) is 11.3 Å². The van der Waals surface area contributed by atoms with E-state index in [9.17, 15) is 13.2 Å². The van der Waals surface area contributed by atoms with Gasteiger partial charge in [0, 0.05) is 29.6 Å². The first-order valence-corrected chi connectivity index (χ1v) is 13.5. The molecule has 1 fully saturated rings. The van der Waals surface area contributed by atoms with Crippen molar-refractivity contribution in [2.75, 3.05) is 18.4 Å². The summed E-state index contributed by atoms with van der Waals surface area (Å²) in [5, 5.41) is 5.27. The highest BCUT2D eigenvalue weighted by Crippen LogP contribution is 2.30. The van der Waals surface area contributed by atoms with E-state index >= 15 is 0 Å². The summed E-state index contributed by atoms with van der Waals surface area (Å²) in [7, 11) is -3.53. The summed E-state index contributed by atoms with van der Waals surface area (Å²) in [6.45, 7) is 7.32. The number of benzene rings is 2. The van der Waals surface area contributed by atoms with Crippen molar-refractivity contribution in [2.24, 2.45) is 0 Å². The lowest BCUT2D eigenvalue weighted by molar-refractivity contribution is 0.102. The van der Waals surface area contributed by atoms with E-state index in [0.717, 1.165) is 42.5 Å². The van der Waals surface area contributed by atoms with Crippen LogP contribution in [0.25, 0.3) is 11.3 Å². The largest absolute Gasteiger partial charge is 0.298 e. The van der Waals surface area contributed by atoms with E-state index in [1.165, 1.54) is 34.6 Å². The van der Waals surface area contributed by atoms with Gasteiger partial charge in [0.05, 0.1) is 10.6 Å². The third kappa shape index (κ3) is 5.18. The minimum atomic E-state index is -3.53. The fraction of sp³-hybridized carbons (Fsp3) is 0.360. The summed E-state index contributed by atoms with van der Waals surface area (Å²) in [5.41, 5.74) is 5.85. The molecular weight excluding hydrogens is 454 g/mol. The Bertz CT molecular complexity index is 1260. The van der Waals surface area contributed by atoms with Gasteiger partial charge in [0.1, 0.15) is 0 Å². The van der Waals surface area contributed by atoms with Gasteiger partial charge in [-0.1, -0.05) is 18.9 Å². The van der Waals surface area contributed by atoms with Gasteiger partial charge in [0.25, 0.3) is 5.91 Å². The minimum absolute atomic E-state index is 0.225. The smallest absolute Gasteiger partial charge is 0.257 e. The highest BCUT2D eigenvalue weighted by molar-refractivity contribution is 7.89. The Labute approximate surface area is 199 Å². The molecule has 1 aliphatic rings. The fourth-order valence-corrected chi connectivity index (χ4v) is 6.29. The Morgan fingerprint density at radius 3 is 2.24 bits per heavy atom. The first-order chi connectivity index (χ1) is 15.8. The van der Waals surface area contributed by atoms with Crippen LogP contribution in [0.1, 0.15) is 52.7 Å². The van der Waals surface area contributed by atoms with E-state index in [1.54, 1.807) is 16.4 Å². The molecule has 8 heteroatoms. The summed E-state index contributed by atoms with van der Waals surface area (Å²) in [6, 6.07) is 10.4. The van der Waals surface area contributed by atoms with E-state index in [2.05, 4.69) is 43.2 Å². The fourth-order valence-electron chi connectivity index (χ4n) is 4.07. The highest BCUT2D eigenvalue weighted by atomic mass is 32.2. The van der Waals surface area contributed by atoms with Crippen LogP contribution in [-0.4, -0.2) is 36.7 Å². The van der Waals surface area contributed by atoms with Crippen LogP contribution in [0.2, 0.25) is 0 Å². The molecule has 1 aromatic heterocycles. The second-order valence-electron chi connectivity index (χ2n) is 8.59. The quantitative estimate of drug-likeness (QED) is 0.516. The summed E-state index contributed by atoms with van der Waals surface area (Å²) in [6.07, 6.45) is 3.90. The molecule has 1 saturated heterocycles. The SMILES string of the molecule is Cc1cc(C)c(-c2csc(NC(=O)c3ccc(S(=O)(=O)N4CCCCCC4)cc3)n2)cc1C. The van der Waals surface area contributed by atoms with Crippen molar-refractivity contribution in [3.05, 3.63) is 64.0 Å². The molecule has 0 spiro atoms. The molecule has 2 heterocycles. The van der Waals surface area contributed by atoms with Crippen molar-refractivity contribution in [2.45, 2.75) is 51.3 Å². The van der Waals surface area contributed by atoms with Gasteiger partial charge in [-0.2, -0.15) is 4.31 Å². The van der Waals surface area contributed by atoms with E-state index in [0.29, 0.717) is 23.8 Å². The molecule has 0 aliphatic carbocycles. The summed E-state index contributed by atoms with van der Waals surface area (Å²) in [5.74, 6) is -0.313. The van der Waals surface area contributed by atoms with Gasteiger partial charge in [-0.25, -0.2) is 13.4 Å². The van der Waals surface area contributed by atoms with Gasteiger partial charge in [0.15, 0.2) is 5.13 Å². The number of rotatable bonds is 5. The molecule has 1 N–H and O–H groups in total. The topological polar surface area (TPSA) is 79.4 Å². The molecule has 2 aromatic carbocycles. The monoisotopic (exact) mass is 483 g/mol. The van der Waals surface area contributed by atoms with Gasteiger partial charge in [-0.3, -0.25) is 10.1 Å². The number of sulfonamides is 1. The van der Waals surface area contributed by atoms with E-state index in [-0.39, 0.29) is 10.8 Å². The van der Waals surface area contributed by atoms with Crippen molar-refractivity contribution in [3.63, 3.8) is 0 Å². The second kappa shape index (κ2) is 9.75. The molecule has 0 radical (unpaired) electrons. The van der Waals surface area contributed by atoms with Gasteiger partial charge in [-0.05, 0) is 80.6 Å². The summed E-state index contributed by atoms with van der Waals surface area (Å²) in [4.78, 5) is 17.5. The zero-order chi connectivity index (χ0) is 23.6. The molecule has 174 valence electrons. The summed E-state index contributed by atoms with van der Waals surface area (Å²) >= 11 is 1.37. The molecule has 33 heavy (non-hydrogen) atoms. The highest BCUT2D eigenvalue weighted by Gasteiger charge is 2.25.